The molecule has 0 unspecified atom stereocenters. The van der Waals surface area contributed by atoms with Crippen molar-refractivity contribution < 1.29 is 0 Å². The minimum absolute atomic E-state index is 0.825. The minimum atomic E-state index is 0.825. The molecule has 0 aliphatic carbocycles. The molecule has 3 N–H and O–H groups in total. The van der Waals surface area contributed by atoms with Crippen LogP contribution in [-0.4, -0.2) is 31.2 Å². The number of anilines is 1. The standard InChI is InChI=1S/C14H18N4/c1-2-11-4-5-12-10-16-7-6-15-8-9-17-13(3-1)14(11)18-12/h1-5,15-17H,6-10H2. The van der Waals surface area contributed by atoms with Crippen LogP contribution in [0.15, 0.2) is 30.3 Å². The number of benzene rings is 1. The molecule has 2 bridgehead atoms. The molecular formula is C14H18N4. The van der Waals surface area contributed by atoms with Crippen LogP contribution in [0.2, 0.25) is 0 Å². The Kier molecular flexibility index (Phi) is 3.39. The lowest BCUT2D eigenvalue weighted by molar-refractivity contribution is 0.613. The van der Waals surface area contributed by atoms with Crippen molar-refractivity contribution in [2.75, 3.05) is 31.5 Å². The lowest BCUT2D eigenvalue weighted by atomic mass is 10.1. The van der Waals surface area contributed by atoms with Crippen LogP contribution < -0.4 is 16.0 Å². The number of para-hydroxylation sites is 1. The Labute approximate surface area is 107 Å². The summed E-state index contributed by atoms with van der Waals surface area (Å²) in [4.78, 5) is 4.74. The van der Waals surface area contributed by atoms with Crippen molar-refractivity contribution in [3.05, 3.63) is 36.0 Å². The second-order valence-corrected chi connectivity index (χ2v) is 4.53. The summed E-state index contributed by atoms with van der Waals surface area (Å²) in [7, 11) is 0. The van der Waals surface area contributed by atoms with Gasteiger partial charge in [-0.2, -0.15) is 0 Å². The zero-order valence-corrected chi connectivity index (χ0v) is 10.4. The molecule has 0 spiro atoms. The van der Waals surface area contributed by atoms with Gasteiger partial charge < -0.3 is 16.0 Å². The Morgan fingerprint density at radius 2 is 1.78 bits per heavy atom. The fraction of sp³-hybridized carbons (Fsp3) is 0.357. The van der Waals surface area contributed by atoms with Crippen molar-refractivity contribution in [3.8, 4) is 0 Å². The van der Waals surface area contributed by atoms with Gasteiger partial charge in [-0.05, 0) is 12.1 Å². The molecule has 1 aliphatic rings. The molecule has 4 heteroatoms. The third kappa shape index (κ3) is 2.44. The van der Waals surface area contributed by atoms with Crippen molar-refractivity contribution in [1.82, 2.24) is 15.6 Å². The monoisotopic (exact) mass is 242 g/mol. The van der Waals surface area contributed by atoms with Gasteiger partial charge in [-0.25, -0.2) is 4.98 Å². The highest BCUT2D eigenvalue weighted by molar-refractivity contribution is 5.90. The summed E-state index contributed by atoms with van der Waals surface area (Å²) < 4.78 is 0. The zero-order chi connectivity index (χ0) is 12.2. The highest BCUT2D eigenvalue weighted by Gasteiger charge is 2.04. The highest BCUT2D eigenvalue weighted by atomic mass is 15.0. The number of aromatic nitrogens is 1. The van der Waals surface area contributed by atoms with E-state index in [0.29, 0.717) is 0 Å². The van der Waals surface area contributed by atoms with Crippen LogP contribution >= 0.6 is 0 Å². The molecule has 3 rings (SSSR count). The predicted octanol–water partition coefficient (Wildman–Crippen LogP) is 1.34. The van der Waals surface area contributed by atoms with Gasteiger partial charge in [0.05, 0.1) is 16.9 Å². The summed E-state index contributed by atoms with van der Waals surface area (Å²) in [6, 6.07) is 10.5. The number of rotatable bonds is 0. The summed E-state index contributed by atoms with van der Waals surface area (Å²) in [5.41, 5.74) is 3.28. The van der Waals surface area contributed by atoms with Crippen LogP contribution in [0.25, 0.3) is 10.9 Å². The predicted molar refractivity (Wildman–Crippen MR) is 74.8 cm³/mol. The van der Waals surface area contributed by atoms with Crippen molar-refractivity contribution in [2.24, 2.45) is 0 Å². The van der Waals surface area contributed by atoms with Crippen LogP contribution in [0, 0.1) is 0 Å². The first-order chi connectivity index (χ1) is 8.93. The normalized spacial score (nSPS) is 16.9. The average molecular weight is 242 g/mol. The van der Waals surface area contributed by atoms with Crippen molar-refractivity contribution in [1.29, 1.82) is 0 Å². The van der Waals surface area contributed by atoms with Gasteiger partial charge in [0.1, 0.15) is 0 Å². The van der Waals surface area contributed by atoms with Gasteiger partial charge in [0, 0.05) is 38.1 Å². The van der Waals surface area contributed by atoms with Crippen LogP contribution in [0.5, 0.6) is 0 Å². The fourth-order valence-corrected chi connectivity index (χ4v) is 2.23. The number of nitrogens with one attached hydrogen (secondary N) is 3. The van der Waals surface area contributed by atoms with Gasteiger partial charge in [0.25, 0.3) is 0 Å². The van der Waals surface area contributed by atoms with E-state index in [4.69, 9.17) is 4.98 Å². The third-order valence-electron chi connectivity index (χ3n) is 3.18. The van der Waals surface area contributed by atoms with Gasteiger partial charge in [-0.1, -0.05) is 18.2 Å². The molecule has 0 saturated carbocycles. The lowest BCUT2D eigenvalue weighted by Gasteiger charge is -2.13. The quantitative estimate of drug-likeness (QED) is 0.652. The van der Waals surface area contributed by atoms with Gasteiger partial charge in [0.15, 0.2) is 0 Å². The minimum Gasteiger partial charge on any atom is -0.382 e. The van der Waals surface area contributed by atoms with E-state index in [1.165, 1.54) is 5.39 Å². The first kappa shape index (κ1) is 11.4. The van der Waals surface area contributed by atoms with Crippen LogP contribution in [0.3, 0.4) is 0 Å². The van der Waals surface area contributed by atoms with E-state index in [1.54, 1.807) is 0 Å². The number of nitrogens with zero attached hydrogens (tertiary/aromatic N) is 1. The molecule has 4 nitrogen and oxygen atoms in total. The second-order valence-electron chi connectivity index (χ2n) is 4.53. The molecule has 0 saturated heterocycles. The van der Waals surface area contributed by atoms with Gasteiger partial charge in [0.2, 0.25) is 0 Å². The molecule has 0 radical (unpaired) electrons. The maximum absolute atomic E-state index is 4.74. The van der Waals surface area contributed by atoms with Gasteiger partial charge in [-0.3, -0.25) is 0 Å². The number of fused-ring (bicyclic) bond motifs is 1. The second kappa shape index (κ2) is 5.33. The smallest absolute Gasteiger partial charge is 0.0937 e. The van der Waals surface area contributed by atoms with E-state index in [0.717, 1.165) is 49.6 Å². The first-order valence-electron chi connectivity index (χ1n) is 6.47. The van der Waals surface area contributed by atoms with Crippen molar-refractivity contribution in [2.45, 2.75) is 6.54 Å². The molecule has 1 aromatic heterocycles. The molecule has 94 valence electrons. The van der Waals surface area contributed by atoms with Gasteiger partial charge >= 0.3 is 0 Å². The van der Waals surface area contributed by atoms with E-state index in [-0.39, 0.29) is 0 Å². The van der Waals surface area contributed by atoms with Crippen LogP contribution in [0.1, 0.15) is 5.69 Å². The maximum atomic E-state index is 4.74. The Morgan fingerprint density at radius 1 is 0.889 bits per heavy atom. The molecule has 0 amide bonds. The fourth-order valence-electron chi connectivity index (χ4n) is 2.23. The Balaban J connectivity index is 2.01. The number of hydrogen-bond acceptors (Lipinski definition) is 4. The summed E-state index contributed by atoms with van der Waals surface area (Å²) in [6.07, 6.45) is 0. The van der Waals surface area contributed by atoms with Crippen LogP contribution in [-0.2, 0) is 6.54 Å². The van der Waals surface area contributed by atoms with E-state index in [1.807, 2.05) is 0 Å². The molecule has 1 aliphatic heterocycles. The summed E-state index contributed by atoms with van der Waals surface area (Å²) in [6.45, 7) is 4.68. The van der Waals surface area contributed by atoms with E-state index in [2.05, 4.69) is 46.3 Å². The first-order valence-corrected chi connectivity index (χ1v) is 6.47. The molecule has 1 aromatic carbocycles. The Morgan fingerprint density at radius 3 is 2.78 bits per heavy atom. The average Bonchev–Trinajstić information content (AvgIpc) is 2.40. The molecule has 2 aromatic rings. The lowest BCUT2D eigenvalue weighted by Crippen LogP contribution is -2.30. The maximum Gasteiger partial charge on any atom is 0.0937 e. The summed E-state index contributed by atoms with van der Waals surface area (Å²) in [5, 5.41) is 11.4. The Hall–Kier alpha value is -1.65. The molecule has 0 fully saturated rings. The highest BCUT2D eigenvalue weighted by Crippen LogP contribution is 2.21. The van der Waals surface area contributed by atoms with E-state index < -0.39 is 0 Å². The topological polar surface area (TPSA) is 49.0 Å². The van der Waals surface area contributed by atoms with E-state index >= 15 is 0 Å². The van der Waals surface area contributed by atoms with Crippen LogP contribution in [0.4, 0.5) is 5.69 Å². The number of pyridine rings is 1. The summed E-state index contributed by atoms with van der Waals surface area (Å²) >= 11 is 0. The largest absolute Gasteiger partial charge is 0.382 e. The molecular weight excluding hydrogens is 224 g/mol. The molecule has 18 heavy (non-hydrogen) atoms. The molecule has 2 heterocycles. The SMILES string of the molecule is c1cc2c3nc(ccc3c1)CNCCNCCN2. The van der Waals surface area contributed by atoms with Gasteiger partial charge in [-0.15, -0.1) is 0 Å². The van der Waals surface area contributed by atoms with E-state index in [9.17, 15) is 0 Å². The van der Waals surface area contributed by atoms with Crippen molar-refractivity contribution in [3.63, 3.8) is 0 Å². The third-order valence-corrected chi connectivity index (χ3v) is 3.18. The summed E-state index contributed by atoms with van der Waals surface area (Å²) in [5.74, 6) is 0. The Bertz CT molecular complexity index is 538. The van der Waals surface area contributed by atoms with Crippen molar-refractivity contribution >= 4 is 16.6 Å². The molecule has 0 atom stereocenters. The zero-order valence-electron chi connectivity index (χ0n) is 10.4. The number of hydrogen-bond donors (Lipinski definition) is 3.